The van der Waals surface area contributed by atoms with Gasteiger partial charge in [0.15, 0.2) is 5.13 Å². The first kappa shape index (κ1) is 18.7. The van der Waals surface area contributed by atoms with E-state index >= 15 is 0 Å². The summed E-state index contributed by atoms with van der Waals surface area (Å²) in [4.78, 5) is 23.9. The number of ether oxygens (including phenoxy) is 2. The van der Waals surface area contributed by atoms with Crippen LogP contribution in [0.25, 0.3) is 0 Å². The number of hydrogen-bond acceptors (Lipinski definition) is 7. The van der Waals surface area contributed by atoms with Gasteiger partial charge in [-0.2, -0.15) is 5.26 Å². The molecule has 0 radical (unpaired) electrons. The number of carbonyl (C=O) groups excluding carboxylic acids is 1. The lowest BCUT2D eigenvalue weighted by Gasteiger charge is -2.20. The Balaban J connectivity index is 1.28. The van der Waals surface area contributed by atoms with E-state index in [9.17, 15) is 4.79 Å². The van der Waals surface area contributed by atoms with E-state index in [1.807, 2.05) is 12.3 Å². The van der Waals surface area contributed by atoms with Crippen LogP contribution in [0.15, 0.2) is 24.5 Å². The van der Waals surface area contributed by atoms with Gasteiger partial charge in [-0.3, -0.25) is 5.32 Å². The summed E-state index contributed by atoms with van der Waals surface area (Å²) in [6, 6.07) is 5.21. The Kier molecular flexibility index (Phi) is 5.69. The summed E-state index contributed by atoms with van der Waals surface area (Å²) in [5.41, 5.74) is 0.489. The number of nitrogens with zero attached hydrogens (tertiary/aromatic N) is 4. The average Bonchev–Trinajstić information content (AvgIpc) is 3.39. The van der Waals surface area contributed by atoms with Gasteiger partial charge in [0.05, 0.1) is 12.1 Å². The number of urea groups is 1. The van der Waals surface area contributed by atoms with Crippen LogP contribution in [0.1, 0.15) is 35.6 Å². The van der Waals surface area contributed by atoms with E-state index in [0.717, 1.165) is 32.5 Å². The smallest absolute Gasteiger partial charge is 0.323 e. The number of amides is 2. The third-order valence-corrected chi connectivity index (χ3v) is 6.02. The molecule has 1 unspecified atom stereocenters. The Hall–Kier alpha value is -2.70. The maximum Gasteiger partial charge on any atom is 0.323 e. The predicted octanol–water partition coefficient (Wildman–Crippen LogP) is 2.99. The molecule has 146 valence electrons. The van der Waals surface area contributed by atoms with Crippen molar-refractivity contribution in [2.45, 2.75) is 31.3 Å². The van der Waals surface area contributed by atoms with Gasteiger partial charge >= 0.3 is 6.03 Å². The number of thiazole rings is 1. The van der Waals surface area contributed by atoms with Gasteiger partial charge in [0, 0.05) is 49.5 Å². The molecule has 0 aliphatic carbocycles. The summed E-state index contributed by atoms with van der Waals surface area (Å²) in [6.45, 7) is 2.68. The number of pyridine rings is 1. The number of nitrogens with one attached hydrogen (secondary N) is 1. The Morgan fingerprint density at radius 2 is 2.14 bits per heavy atom. The van der Waals surface area contributed by atoms with Crippen molar-refractivity contribution in [2.75, 3.05) is 31.6 Å². The van der Waals surface area contributed by atoms with Gasteiger partial charge in [0.1, 0.15) is 12.2 Å². The standard InChI is InChI=1S/C19H21N5O3S/c20-9-13-1-2-17(21-10-13)27-15-3-6-24(12-15)19(25)23-18-22-11-16(28-18)14-4-7-26-8-5-14/h1-2,10-11,14-15H,3-8,12H2,(H,22,23,25). The van der Waals surface area contributed by atoms with Crippen molar-refractivity contribution in [1.29, 1.82) is 5.26 Å². The molecule has 0 aromatic carbocycles. The first-order valence-corrected chi connectivity index (χ1v) is 10.1. The third-order valence-electron chi connectivity index (χ3n) is 4.95. The van der Waals surface area contributed by atoms with E-state index in [0.29, 0.717) is 35.6 Å². The topological polar surface area (TPSA) is 100 Å². The predicted molar refractivity (Wildman–Crippen MR) is 103 cm³/mol. The molecule has 2 amide bonds. The summed E-state index contributed by atoms with van der Waals surface area (Å²) >= 11 is 1.54. The molecule has 8 nitrogen and oxygen atoms in total. The van der Waals surface area contributed by atoms with Gasteiger partial charge < -0.3 is 14.4 Å². The molecule has 0 saturated carbocycles. The number of rotatable bonds is 4. The van der Waals surface area contributed by atoms with Crippen molar-refractivity contribution in [3.8, 4) is 11.9 Å². The first-order chi connectivity index (χ1) is 13.7. The van der Waals surface area contributed by atoms with Crippen molar-refractivity contribution >= 4 is 22.5 Å². The summed E-state index contributed by atoms with van der Waals surface area (Å²) in [7, 11) is 0. The number of carbonyl (C=O) groups is 1. The Morgan fingerprint density at radius 3 is 2.89 bits per heavy atom. The van der Waals surface area contributed by atoms with Crippen LogP contribution in [0.2, 0.25) is 0 Å². The van der Waals surface area contributed by atoms with Gasteiger partial charge in [-0.25, -0.2) is 14.8 Å². The van der Waals surface area contributed by atoms with E-state index in [1.54, 1.807) is 28.4 Å². The van der Waals surface area contributed by atoms with Crippen molar-refractivity contribution in [3.05, 3.63) is 35.0 Å². The molecule has 2 saturated heterocycles. The number of anilines is 1. The Bertz CT molecular complexity index is 857. The molecular formula is C19H21N5O3S. The quantitative estimate of drug-likeness (QED) is 0.848. The molecule has 2 aliphatic rings. The van der Waals surface area contributed by atoms with Crippen molar-refractivity contribution in [1.82, 2.24) is 14.9 Å². The first-order valence-electron chi connectivity index (χ1n) is 9.33. The molecule has 2 fully saturated rings. The van der Waals surface area contributed by atoms with Crippen molar-refractivity contribution in [3.63, 3.8) is 0 Å². The zero-order valence-electron chi connectivity index (χ0n) is 15.3. The third kappa shape index (κ3) is 4.40. The fourth-order valence-corrected chi connectivity index (χ4v) is 4.36. The average molecular weight is 399 g/mol. The summed E-state index contributed by atoms with van der Waals surface area (Å²) in [5.74, 6) is 0.939. The lowest BCUT2D eigenvalue weighted by Crippen LogP contribution is -2.34. The van der Waals surface area contributed by atoms with Gasteiger partial charge in [-0.1, -0.05) is 0 Å². The Labute approximate surface area is 167 Å². The second-order valence-corrected chi connectivity index (χ2v) is 7.92. The molecule has 28 heavy (non-hydrogen) atoms. The summed E-state index contributed by atoms with van der Waals surface area (Å²) < 4.78 is 11.2. The van der Waals surface area contributed by atoms with E-state index in [-0.39, 0.29) is 12.1 Å². The van der Waals surface area contributed by atoms with E-state index in [2.05, 4.69) is 15.3 Å². The molecule has 2 aliphatic heterocycles. The number of likely N-dealkylation sites (tertiary alicyclic amines) is 1. The molecule has 1 N–H and O–H groups in total. The van der Waals surface area contributed by atoms with Crippen LogP contribution in [0, 0.1) is 11.3 Å². The summed E-state index contributed by atoms with van der Waals surface area (Å²) in [5, 5.41) is 12.3. The second-order valence-electron chi connectivity index (χ2n) is 6.86. The lowest BCUT2D eigenvalue weighted by molar-refractivity contribution is 0.0860. The van der Waals surface area contributed by atoms with Gasteiger partial charge in [-0.15, -0.1) is 11.3 Å². The lowest BCUT2D eigenvalue weighted by atomic mass is 9.99. The minimum absolute atomic E-state index is 0.111. The molecule has 2 aromatic heterocycles. The second kappa shape index (κ2) is 8.54. The van der Waals surface area contributed by atoms with Crippen LogP contribution in [0.4, 0.5) is 9.93 Å². The van der Waals surface area contributed by atoms with Gasteiger partial charge in [0.2, 0.25) is 5.88 Å². The van der Waals surface area contributed by atoms with Crippen molar-refractivity contribution in [2.24, 2.45) is 0 Å². The highest BCUT2D eigenvalue weighted by Gasteiger charge is 2.28. The van der Waals surface area contributed by atoms with E-state index in [4.69, 9.17) is 14.7 Å². The molecule has 2 aromatic rings. The van der Waals surface area contributed by atoms with Gasteiger partial charge in [0.25, 0.3) is 0 Å². The maximum atomic E-state index is 12.5. The van der Waals surface area contributed by atoms with Crippen LogP contribution < -0.4 is 10.1 Å². The number of aromatic nitrogens is 2. The maximum absolute atomic E-state index is 12.5. The molecule has 1 atom stereocenters. The van der Waals surface area contributed by atoms with Crippen LogP contribution in [-0.4, -0.2) is 53.3 Å². The highest BCUT2D eigenvalue weighted by molar-refractivity contribution is 7.15. The fraction of sp³-hybridized carbons (Fsp3) is 0.474. The SMILES string of the molecule is N#Cc1ccc(OC2CCN(C(=O)Nc3ncc(C4CCOCC4)s3)C2)nc1. The van der Waals surface area contributed by atoms with Crippen LogP contribution in [-0.2, 0) is 4.74 Å². The minimum atomic E-state index is -0.160. The van der Waals surface area contributed by atoms with E-state index < -0.39 is 0 Å². The molecular weight excluding hydrogens is 378 g/mol. The Morgan fingerprint density at radius 1 is 1.29 bits per heavy atom. The largest absolute Gasteiger partial charge is 0.472 e. The van der Waals surface area contributed by atoms with Gasteiger partial charge in [-0.05, 0) is 24.8 Å². The summed E-state index contributed by atoms with van der Waals surface area (Å²) in [6.07, 6.45) is 5.98. The molecule has 4 rings (SSSR count). The number of hydrogen-bond donors (Lipinski definition) is 1. The molecule has 0 bridgehead atoms. The van der Waals surface area contributed by atoms with Crippen LogP contribution >= 0.6 is 11.3 Å². The minimum Gasteiger partial charge on any atom is -0.472 e. The van der Waals surface area contributed by atoms with Crippen LogP contribution in [0.5, 0.6) is 5.88 Å². The number of nitriles is 1. The van der Waals surface area contributed by atoms with E-state index in [1.165, 1.54) is 11.1 Å². The fourth-order valence-electron chi connectivity index (χ4n) is 3.38. The van der Waals surface area contributed by atoms with Crippen molar-refractivity contribution < 1.29 is 14.3 Å². The molecule has 4 heterocycles. The zero-order chi connectivity index (χ0) is 19.3. The monoisotopic (exact) mass is 399 g/mol. The molecule has 0 spiro atoms. The van der Waals surface area contributed by atoms with Crippen LogP contribution in [0.3, 0.4) is 0 Å². The highest BCUT2D eigenvalue weighted by atomic mass is 32.1. The zero-order valence-corrected chi connectivity index (χ0v) is 16.2. The molecule has 9 heteroatoms. The highest BCUT2D eigenvalue weighted by Crippen LogP contribution is 2.32. The normalized spacial score (nSPS) is 20.0.